The lowest BCUT2D eigenvalue weighted by Gasteiger charge is -2.55. The molecule has 22 heavy (non-hydrogen) atoms. The summed E-state index contributed by atoms with van der Waals surface area (Å²) in [7, 11) is 1.76. The summed E-state index contributed by atoms with van der Waals surface area (Å²) in [5.41, 5.74) is 2.48. The van der Waals surface area contributed by atoms with Crippen molar-refractivity contribution in [2.45, 2.75) is 45.3 Å². The minimum absolute atomic E-state index is 0.0256. The van der Waals surface area contributed by atoms with Gasteiger partial charge in [-0.05, 0) is 37.5 Å². The van der Waals surface area contributed by atoms with Crippen LogP contribution in [-0.2, 0) is 4.74 Å². The molecule has 0 aliphatic heterocycles. The van der Waals surface area contributed by atoms with Gasteiger partial charge in [0, 0.05) is 24.1 Å². The zero-order valence-electron chi connectivity index (χ0n) is 13.3. The van der Waals surface area contributed by atoms with E-state index in [0.29, 0.717) is 5.56 Å². The SMILES string of the molecule is CCC1(CC)[C@@H](OC)C[C@H]1NC(=O)c1ccc2nc[nH]c2c1. The lowest BCUT2D eigenvalue weighted by molar-refractivity contribution is -0.120. The zero-order chi connectivity index (χ0) is 15.7. The molecule has 3 rings (SSSR count). The highest BCUT2D eigenvalue weighted by Gasteiger charge is 2.53. The Morgan fingerprint density at radius 3 is 2.91 bits per heavy atom. The highest BCUT2D eigenvalue weighted by atomic mass is 16.5. The van der Waals surface area contributed by atoms with Crippen LogP contribution in [0.1, 0.15) is 43.5 Å². The van der Waals surface area contributed by atoms with Crippen LogP contribution in [0.25, 0.3) is 11.0 Å². The summed E-state index contributed by atoms with van der Waals surface area (Å²) in [6.45, 7) is 4.34. The van der Waals surface area contributed by atoms with Crippen LogP contribution in [0.15, 0.2) is 24.5 Å². The first kappa shape index (κ1) is 15.0. The monoisotopic (exact) mass is 301 g/mol. The van der Waals surface area contributed by atoms with Crippen molar-refractivity contribution in [1.29, 1.82) is 0 Å². The molecule has 2 atom stereocenters. The normalized spacial score (nSPS) is 23.2. The smallest absolute Gasteiger partial charge is 0.251 e. The van der Waals surface area contributed by atoms with Crippen LogP contribution in [0.2, 0.25) is 0 Å². The summed E-state index contributed by atoms with van der Waals surface area (Å²) in [6, 6.07) is 5.72. The van der Waals surface area contributed by atoms with E-state index in [1.54, 1.807) is 13.4 Å². The number of ether oxygens (including phenoxy) is 1. The Hall–Kier alpha value is -1.88. The fourth-order valence-corrected chi connectivity index (χ4v) is 3.80. The van der Waals surface area contributed by atoms with Gasteiger partial charge in [0.1, 0.15) is 0 Å². The number of fused-ring (bicyclic) bond motifs is 1. The number of aromatic nitrogens is 2. The molecule has 0 saturated heterocycles. The number of nitrogens with one attached hydrogen (secondary N) is 2. The molecule has 5 heteroatoms. The molecule has 118 valence electrons. The molecule has 0 spiro atoms. The van der Waals surface area contributed by atoms with Crippen LogP contribution in [0.5, 0.6) is 0 Å². The van der Waals surface area contributed by atoms with E-state index in [1.165, 1.54) is 0 Å². The van der Waals surface area contributed by atoms with Crippen LogP contribution >= 0.6 is 0 Å². The number of aromatic amines is 1. The molecular formula is C17H23N3O2. The predicted molar refractivity (Wildman–Crippen MR) is 85.8 cm³/mol. The van der Waals surface area contributed by atoms with E-state index >= 15 is 0 Å². The largest absolute Gasteiger partial charge is 0.381 e. The summed E-state index contributed by atoms with van der Waals surface area (Å²) in [5, 5.41) is 3.19. The maximum atomic E-state index is 12.5. The minimum atomic E-state index is -0.0256. The molecule has 1 aromatic carbocycles. The second kappa shape index (κ2) is 5.72. The van der Waals surface area contributed by atoms with Gasteiger partial charge >= 0.3 is 0 Å². The number of amides is 1. The summed E-state index contributed by atoms with van der Waals surface area (Å²) in [4.78, 5) is 19.8. The molecule has 0 unspecified atom stereocenters. The van der Waals surface area contributed by atoms with Gasteiger partial charge in [-0.2, -0.15) is 0 Å². The number of nitrogens with zero attached hydrogens (tertiary/aromatic N) is 1. The highest BCUT2D eigenvalue weighted by molar-refractivity contribution is 5.97. The average molecular weight is 301 g/mol. The summed E-state index contributed by atoms with van der Waals surface area (Å²) >= 11 is 0. The fourth-order valence-electron chi connectivity index (χ4n) is 3.80. The summed E-state index contributed by atoms with van der Waals surface area (Å²) in [6.07, 6.45) is 4.78. The Bertz CT molecular complexity index is 675. The number of rotatable bonds is 5. The van der Waals surface area contributed by atoms with Crippen molar-refractivity contribution >= 4 is 16.9 Å². The van der Waals surface area contributed by atoms with Gasteiger partial charge in [0.15, 0.2) is 0 Å². The van der Waals surface area contributed by atoms with Crippen LogP contribution in [-0.4, -0.2) is 35.1 Å². The molecule has 1 aromatic heterocycles. The fraction of sp³-hybridized carbons (Fsp3) is 0.529. The number of hydrogen-bond donors (Lipinski definition) is 2. The minimum Gasteiger partial charge on any atom is -0.381 e. The molecule has 0 bridgehead atoms. The quantitative estimate of drug-likeness (QED) is 0.892. The number of carbonyl (C=O) groups is 1. The van der Waals surface area contributed by atoms with Crippen LogP contribution in [0.3, 0.4) is 0 Å². The third-order valence-corrected chi connectivity index (χ3v) is 5.37. The number of H-pyrrole nitrogens is 1. The number of benzene rings is 1. The van der Waals surface area contributed by atoms with E-state index in [2.05, 4.69) is 29.1 Å². The van der Waals surface area contributed by atoms with Gasteiger partial charge in [0.05, 0.1) is 23.5 Å². The van der Waals surface area contributed by atoms with E-state index in [4.69, 9.17) is 4.74 Å². The van der Waals surface area contributed by atoms with Crippen molar-refractivity contribution in [3.8, 4) is 0 Å². The highest BCUT2D eigenvalue weighted by Crippen LogP contribution is 2.48. The third-order valence-electron chi connectivity index (χ3n) is 5.37. The number of hydrogen-bond acceptors (Lipinski definition) is 3. The predicted octanol–water partition coefficient (Wildman–Crippen LogP) is 2.89. The van der Waals surface area contributed by atoms with Crippen LogP contribution in [0.4, 0.5) is 0 Å². The first-order chi connectivity index (χ1) is 10.6. The maximum Gasteiger partial charge on any atom is 0.251 e. The number of imidazole rings is 1. The second-order valence-electron chi connectivity index (χ2n) is 6.06. The number of methoxy groups -OCH3 is 1. The second-order valence-corrected chi connectivity index (χ2v) is 6.06. The Kier molecular flexibility index (Phi) is 3.91. The zero-order valence-corrected chi connectivity index (χ0v) is 13.3. The average Bonchev–Trinajstić information content (AvgIpc) is 2.99. The van der Waals surface area contributed by atoms with Crippen molar-refractivity contribution in [1.82, 2.24) is 15.3 Å². The van der Waals surface area contributed by atoms with Gasteiger partial charge in [0.2, 0.25) is 0 Å². The molecule has 1 aliphatic carbocycles. The van der Waals surface area contributed by atoms with Crippen molar-refractivity contribution in [2.75, 3.05) is 7.11 Å². The Morgan fingerprint density at radius 2 is 2.23 bits per heavy atom. The van der Waals surface area contributed by atoms with Gasteiger partial charge in [0.25, 0.3) is 5.91 Å². The van der Waals surface area contributed by atoms with E-state index in [0.717, 1.165) is 30.3 Å². The van der Waals surface area contributed by atoms with E-state index in [9.17, 15) is 4.79 Å². The maximum absolute atomic E-state index is 12.5. The lowest BCUT2D eigenvalue weighted by atomic mass is 9.58. The molecule has 0 radical (unpaired) electrons. The van der Waals surface area contributed by atoms with E-state index < -0.39 is 0 Å². The molecule has 2 aromatic rings. The van der Waals surface area contributed by atoms with Gasteiger partial charge in [-0.3, -0.25) is 4.79 Å². The van der Waals surface area contributed by atoms with Gasteiger partial charge < -0.3 is 15.0 Å². The summed E-state index contributed by atoms with van der Waals surface area (Å²) < 4.78 is 5.58. The first-order valence-corrected chi connectivity index (χ1v) is 7.91. The molecule has 1 aliphatic rings. The first-order valence-electron chi connectivity index (χ1n) is 7.91. The van der Waals surface area contributed by atoms with E-state index in [1.807, 2.05) is 18.2 Å². The summed E-state index contributed by atoms with van der Waals surface area (Å²) in [5.74, 6) is -0.0256. The van der Waals surface area contributed by atoms with Crippen molar-refractivity contribution in [2.24, 2.45) is 5.41 Å². The molecule has 1 fully saturated rings. The molecule has 1 amide bonds. The molecule has 2 N–H and O–H groups in total. The molecule has 5 nitrogen and oxygen atoms in total. The van der Waals surface area contributed by atoms with Gasteiger partial charge in [-0.1, -0.05) is 13.8 Å². The van der Waals surface area contributed by atoms with Crippen LogP contribution < -0.4 is 5.32 Å². The van der Waals surface area contributed by atoms with Crippen LogP contribution in [0, 0.1) is 5.41 Å². The van der Waals surface area contributed by atoms with Crippen molar-refractivity contribution < 1.29 is 9.53 Å². The van der Waals surface area contributed by atoms with Crippen molar-refractivity contribution in [3.05, 3.63) is 30.1 Å². The van der Waals surface area contributed by atoms with Gasteiger partial charge in [-0.15, -0.1) is 0 Å². The topological polar surface area (TPSA) is 67.0 Å². The Labute approximate surface area is 130 Å². The standard InChI is InChI=1S/C17H23N3O2/c1-4-17(5-2)14(9-15(17)22-3)20-16(21)11-6-7-12-13(8-11)19-10-18-12/h6-8,10,14-15H,4-5,9H2,1-3H3,(H,18,19)(H,20,21)/t14-,15+/m1/s1. The lowest BCUT2D eigenvalue weighted by Crippen LogP contribution is -2.64. The molecular weight excluding hydrogens is 278 g/mol. The van der Waals surface area contributed by atoms with E-state index in [-0.39, 0.29) is 23.5 Å². The molecule has 1 saturated carbocycles. The van der Waals surface area contributed by atoms with Crippen molar-refractivity contribution in [3.63, 3.8) is 0 Å². The van der Waals surface area contributed by atoms with Gasteiger partial charge in [-0.25, -0.2) is 4.98 Å². The Balaban J connectivity index is 1.76. The third kappa shape index (κ3) is 2.20. The number of carbonyl (C=O) groups excluding carboxylic acids is 1. The molecule has 1 heterocycles. The Morgan fingerprint density at radius 1 is 1.45 bits per heavy atom.